The fourth-order valence-electron chi connectivity index (χ4n) is 3.58. The molecule has 1 amide bonds. The number of amides is 1. The summed E-state index contributed by atoms with van der Waals surface area (Å²) in [6.07, 6.45) is 0.920. The van der Waals surface area contributed by atoms with Crippen LogP contribution in [-0.2, 0) is 6.54 Å². The Hall–Kier alpha value is -2.51. The van der Waals surface area contributed by atoms with Crippen molar-refractivity contribution in [1.82, 2.24) is 29.4 Å². The normalized spacial score (nSPS) is 15.8. The van der Waals surface area contributed by atoms with Gasteiger partial charge in [-0.3, -0.25) is 9.69 Å². The molecule has 1 aromatic carbocycles. The first-order valence-electron chi connectivity index (χ1n) is 9.47. The molecule has 1 aliphatic rings. The van der Waals surface area contributed by atoms with Gasteiger partial charge in [0, 0.05) is 49.1 Å². The fourth-order valence-corrected chi connectivity index (χ4v) is 3.70. The van der Waals surface area contributed by atoms with E-state index in [1.807, 2.05) is 49.1 Å². The van der Waals surface area contributed by atoms with Crippen LogP contribution in [-0.4, -0.2) is 61.5 Å². The molecule has 0 bridgehead atoms. The molecule has 1 saturated heterocycles. The van der Waals surface area contributed by atoms with E-state index in [1.165, 1.54) is 5.56 Å². The van der Waals surface area contributed by atoms with Crippen LogP contribution in [0.4, 0.5) is 0 Å². The van der Waals surface area contributed by atoms with Crippen molar-refractivity contribution in [2.24, 2.45) is 0 Å². The topological polar surface area (TPSA) is 66.6 Å². The molecule has 7 nitrogen and oxygen atoms in total. The van der Waals surface area contributed by atoms with E-state index in [1.54, 1.807) is 4.52 Å². The Morgan fingerprint density at radius 2 is 1.86 bits per heavy atom. The predicted octanol–water partition coefficient (Wildman–Crippen LogP) is 2.74. The van der Waals surface area contributed by atoms with Crippen LogP contribution >= 0.6 is 11.6 Å². The molecule has 28 heavy (non-hydrogen) atoms. The Balaban J connectivity index is 1.44. The highest BCUT2D eigenvalue weighted by Crippen LogP contribution is 2.14. The number of aryl methyl sites for hydroxylation is 2. The zero-order valence-corrected chi connectivity index (χ0v) is 16.9. The maximum Gasteiger partial charge on any atom is 0.293 e. The van der Waals surface area contributed by atoms with Crippen LogP contribution in [0.25, 0.3) is 5.78 Å². The van der Waals surface area contributed by atoms with Gasteiger partial charge in [0.05, 0.1) is 0 Å². The molecule has 1 aliphatic heterocycles. The smallest absolute Gasteiger partial charge is 0.293 e. The molecular formula is C20H23ClN6O. The second-order valence-corrected chi connectivity index (χ2v) is 7.67. The van der Waals surface area contributed by atoms with Crippen LogP contribution in [0.1, 0.15) is 34.0 Å². The third-order valence-corrected chi connectivity index (χ3v) is 5.26. The quantitative estimate of drug-likeness (QED) is 0.678. The molecule has 1 fully saturated rings. The fraction of sp³-hybridized carbons (Fsp3) is 0.400. The van der Waals surface area contributed by atoms with E-state index in [9.17, 15) is 4.79 Å². The van der Waals surface area contributed by atoms with Crippen LogP contribution in [0.15, 0.2) is 30.3 Å². The van der Waals surface area contributed by atoms with Gasteiger partial charge in [-0.2, -0.15) is 4.98 Å². The van der Waals surface area contributed by atoms with Gasteiger partial charge >= 0.3 is 0 Å². The number of hydrogen-bond acceptors (Lipinski definition) is 5. The van der Waals surface area contributed by atoms with E-state index in [4.69, 9.17) is 11.6 Å². The number of benzene rings is 1. The van der Waals surface area contributed by atoms with Gasteiger partial charge in [0.25, 0.3) is 11.7 Å². The molecule has 0 N–H and O–H groups in total. The second kappa shape index (κ2) is 7.85. The van der Waals surface area contributed by atoms with Gasteiger partial charge in [-0.05, 0) is 44.0 Å². The lowest BCUT2D eigenvalue weighted by atomic mass is 10.2. The highest BCUT2D eigenvalue weighted by atomic mass is 35.5. The molecule has 0 atom stereocenters. The lowest BCUT2D eigenvalue weighted by molar-refractivity contribution is 0.0749. The summed E-state index contributed by atoms with van der Waals surface area (Å²) in [5.41, 5.74) is 3.01. The summed E-state index contributed by atoms with van der Waals surface area (Å²) in [6.45, 7) is 7.83. The van der Waals surface area contributed by atoms with Crippen LogP contribution in [0.3, 0.4) is 0 Å². The molecule has 146 valence electrons. The minimum Gasteiger partial charge on any atom is -0.335 e. The Morgan fingerprint density at radius 3 is 2.64 bits per heavy atom. The molecular weight excluding hydrogens is 376 g/mol. The summed E-state index contributed by atoms with van der Waals surface area (Å²) in [5, 5.41) is 5.13. The van der Waals surface area contributed by atoms with Crippen molar-refractivity contribution in [2.75, 3.05) is 26.2 Å². The predicted molar refractivity (Wildman–Crippen MR) is 108 cm³/mol. The van der Waals surface area contributed by atoms with E-state index in [0.29, 0.717) is 18.9 Å². The summed E-state index contributed by atoms with van der Waals surface area (Å²) >= 11 is 5.96. The number of hydrogen-bond donors (Lipinski definition) is 0. The number of carbonyl (C=O) groups is 1. The summed E-state index contributed by atoms with van der Waals surface area (Å²) < 4.78 is 1.63. The van der Waals surface area contributed by atoms with Crippen molar-refractivity contribution in [1.29, 1.82) is 0 Å². The van der Waals surface area contributed by atoms with Crippen LogP contribution < -0.4 is 0 Å². The number of rotatable bonds is 3. The summed E-state index contributed by atoms with van der Waals surface area (Å²) in [5.74, 6) is 0.559. The lowest BCUT2D eigenvalue weighted by Crippen LogP contribution is -2.35. The van der Waals surface area contributed by atoms with Crippen LogP contribution in [0.2, 0.25) is 5.02 Å². The van der Waals surface area contributed by atoms with Crippen molar-refractivity contribution >= 4 is 23.3 Å². The Kier molecular flexibility index (Phi) is 5.28. The standard InChI is InChI=1S/C20H23ClN6O/c1-14-12-15(2)27-20(22-14)23-18(24-27)19(28)26-9-3-8-25(10-11-26)13-16-4-6-17(21)7-5-16/h4-7,12H,3,8-11,13H2,1-2H3. The van der Waals surface area contributed by atoms with Gasteiger partial charge < -0.3 is 4.90 Å². The van der Waals surface area contributed by atoms with Crippen molar-refractivity contribution in [2.45, 2.75) is 26.8 Å². The Morgan fingerprint density at radius 1 is 1.07 bits per heavy atom. The van der Waals surface area contributed by atoms with Gasteiger partial charge in [0.1, 0.15) is 0 Å². The molecule has 0 radical (unpaired) electrons. The van der Waals surface area contributed by atoms with Crippen molar-refractivity contribution in [3.05, 3.63) is 58.1 Å². The molecule has 0 saturated carbocycles. The second-order valence-electron chi connectivity index (χ2n) is 7.23. The summed E-state index contributed by atoms with van der Waals surface area (Å²) in [4.78, 5) is 25.9. The van der Waals surface area contributed by atoms with Gasteiger partial charge in [0.15, 0.2) is 0 Å². The van der Waals surface area contributed by atoms with Gasteiger partial charge in [-0.1, -0.05) is 23.7 Å². The van der Waals surface area contributed by atoms with Gasteiger partial charge in [-0.15, -0.1) is 5.10 Å². The third kappa shape index (κ3) is 4.00. The number of aromatic nitrogens is 4. The monoisotopic (exact) mass is 398 g/mol. The first-order valence-corrected chi connectivity index (χ1v) is 9.84. The highest BCUT2D eigenvalue weighted by molar-refractivity contribution is 6.30. The molecule has 3 heterocycles. The van der Waals surface area contributed by atoms with Crippen molar-refractivity contribution in [3.8, 4) is 0 Å². The van der Waals surface area contributed by atoms with Gasteiger partial charge in [0.2, 0.25) is 5.82 Å². The highest BCUT2D eigenvalue weighted by Gasteiger charge is 2.24. The van der Waals surface area contributed by atoms with E-state index in [0.717, 1.165) is 42.5 Å². The maximum absolute atomic E-state index is 12.9. The average molecular weight is 399 g/mol. The number of halogens is 1. The number of fused-ring (bicyclic) bond motifs is 1. The molecule has 0 aliphatic carbocycles. The zero-order valence-electron chi connectivity index (χ0n) is 16.1. The minimum absolute atomic E-state index is 0.129. The van der Waals surface area contributed by atoms with Gasteiger partial charge in [-0.25, -0.2) is 9.50 Å². The zero-order chi connectivity index (χ0) is 19.7. The maximum atomic E-state index is 12.9. The molecule has 2 aromatic heterocycles. The third-order valence-electron chi connectivity index (χ3n) is 5.00. The van der Waals surface area contributed by atoms with Crippen molar-refractivity contribution in [3.63, 3.8) is 0 Å². The molecule has 3 aromatic rings. The van der Waals surface area contributed by atoms with Crippen LogP contribution in [0.5, 0.6) is 0 Å². The number of nitrogens with zero attached hydrogens (tertiary/aromatic N) is 6. The molecule has 8 heteroatoms. The SMILES string of the molecule is Cc1cc(C)n2nc(C(=O)N3CCCN(Cc4ccc(Cl)cc4)CC3)nc2n1. The van der Waals surface area contributed by atoms with E-state index in [2.05, 4.69) is 20.0 Å². The van der Waals surface area contributed by atoms with E-state index < -0.39 is 0 Å². The first-order chi connectivity index (χ1) is 13.5. The summed E-state index contributed by atoms with van der Waals surface area (Å²) in [6, 6.07) is 9.85. The largest absolute Gasteiger partial charge is 0.335 e. The molecule has 0 unspecified atom stereocenters. The lowest BCUT2D eigenvalue weighted by Gasteiger charge is -2.21. The number of carbonyl (C=O) groups excluding carboxylic acids is 1. The van der Waals surface area contributed by atoms with E-state index in [-0.39, 0.29) is 11.7 Å². The Labute approximate surface area is 168 Å². The molecule has 0 spiro atoms. The Bertz CT molecular complexity index is 1000. The average Bonchev–Trinajstić information content (AvgIpc) is 2.96. The van der Waals surface area contributed by atoms with Crippen LogP contribution in [0, 0.1) is 13.8 Å². The summed E-state index contributed by atoms with van der Waals surface area (Å²) in [7, 11) is 0. The minimum atomic E-state index is -0.129. The molecule has 4 rings (SSSR count). The van der Waals surface area contributed by atoms with E-state index >= 15 is 0 Å². The first kappa shape index (κ1) is 18.8. The van der Waals surface area contributed by atoms with Crippen molar-refractivity contribution < 1.29 is 4.79 Å².